The van der Waals surface area contributed by atoms with E-state index in [0.29, 0.717) is 34.4 Å². The number of halogens is 3. The summed E-state index contributed by atoms with van der Waals surface area (Å²) in [6.07, 6.45) is 1.51. The van der Waals surface area contributed by atoms with Gasteiger partial charge in [0, 0.05) is 9.50 Å². The van der Waals surface area contributed by atoms with E-state index in [4.69, 9.17) is 33.3 Å². The number of benzene rings is 3. The van der Waals surface area contributed by atoms with Gasteiger partial charge < -0.3 is 9.47 Å². The summed E-state index contributed by atoms with van der Waals surface area (Å²) in [5, 5.41) is 3.27. The molecule has 1 aliphatic heterocycles. The van der Waals surface area contributed by atoms with Crippen molar-refractivity contribution < 1.29 is 19.1 Å². The van der Waals surface area contributed by atoms with E-state index < -0.39 is 11.8 Å². The summed E-state index contributed by atoms with van der Waals surface area (Å²) in [6.45, 7) is 0.324. The first-order chi connectivity index (χ1) is 16.8. The van der Waals surface area contributed by atoms with Gasteiger partial charge in [0.25, 0.3) is 11.8 Å². The third-order valence-corrected chi connectivity index (χ3v) is 6.91. The Hall–Kier alpha value is -2.47. The summed E-state index contributed by atoms with van der Waals surface area (Å²) in [4.78, 5) is 27.2. The number of amides is 2. The predicted octanol–water partition coefficient (Wildman–Crippen LogP) is 6.13. The van der Waals surface area contributed by atoms with Gasteiger partial charge in [0.1, 0.15) is 12.2 Å². The number of thiocarbonyl (C=S) groups is 1. The molecular weight excluding hydrogens is 667 g/mol. The fourth-order valence-electron chi connectivity index (χ4n) is 3.35. The summed E-state index contributed by atoms with van der Waals surface area (Å²) in [5.41, 5.74) is 2.06. The Morgan fingerprint density at radius 1 is 1.11 bits per heavy atom. The second-order valence-corrected chi connectivity index (χ2v) is 10.3. The maximum atomic E-state index is 13.3. The van der Waals surface area contributed by atoms with Crippen LogP contribution in [-0.4, -0.2) is 24.0 Å². The van der Waals surface area contributed by atoms with Crippen molar-refractivity contribution in [1.82, 2.24) is 5.32 Å². The lowest BCUT2D eigenvalue weighted by Gasteiger charge is -2.29. The number of nitrogens with one attached hydrogen (secondary N) is 1. The largest absolute Gasteiger partial charge is 0.493 e. The molecule has 0 saturated carbocycles. The van der Waals surface area contributed by atoms with Crippen molar-refractivity contribution in [2.24, 2.45) is 0 Å². The van der Waals surface area contributed by atoms with Crippen molar-refractivity contribution in [3.63, 3.8) is 0 Å². The molecule has 3 aromatic rings. The number of nitrogens with zero attached hydrogens (tertiary/aromatic N) is 1. The van der Waals surface area contributed by atoms with Crippen LogP contribution in [0.2, 0.25) is 5.02 Å². The smallest absolute Gasteiger partial charge is 0.270 e. The highest BCUT2D eigenvalue weighted by atomic mass is 127. The summed E-state index contributed by atoms with van der Waals surface area (Å²) >= 11 is 16.7. The summed E-state index contributed by atoms with van der Waals surface area (Å²) < 4.78 is 13.1. The lowest BCUT2D eigenvalue weighted by atomic mass is 10.1. The van der Waals surface area contributed by atoms with Crippen LogP contribution in [0.3, 0.4) is 0 Å². The molecule has 0 spiro atoms. The maximum Gasteiger partial charge on any atom is 0.270 e. The molecule has 10 heteroatoms. The third-order valence-electron chi connectivity index (χ3n) is 5.05. The van der Waals surface area contributed by atoms with Crippen molar-refractivity contribution in [1.29, 1.82) is 0 Å². The number of ether oxygens (including phenoxy) is 2. The molecule has 0 unspecified atom stereocenters. The Bertz CT molecular complexity index is 1350. The first-order valence-electron chi connectivity index (χ1n) is 10.2. The summed E-state index contributed by atoms with van der Waals surface area (Å²) in [5.74, 6) is -0.0486. The van der Waals surface area contributed by atoms with E-state index in [1.54, 1.807) is 42.5 Å². The molecule has 1 heterocycles. The topological polar surface area (TPSA) is 67.9 Å². The Balaban J connectivity index is 1.63. The summed E-state index contributed by atoms with van der Waals surface area (Å²) in [6, 6.07) is 18.0. The Labute approximate surface area is 234 Å². The molecule has 1 fully saturated rings. The van der Waals surface area contributed by atoms with Gasteiger partial charge in [-0.25, -0.2) is 0 Å². The number of carbonyl (C=O) groups excluding carboxylic acids is 2. The number of carbonyl (C=O) groups is 2. The van der Waals surface area contributed by atoms with Crippen LogP contribution >= 0.6 is 62.3 Å². The Kier molecular flexibility index (Phi) is 8.10. The minimum Gasteiger partial charge on any atom is -0.493 e. The molecule has 4 rings (SSSR count). The number of rotatable bonds is 6. The quantitative estimate of drug-likeness (QED) is 0.147. The van der Waals surface area contributed by atoms with E-state index in [-0.39, 0.29) is 10.7 Å². The zero-order valence-corrected chi connectivity index (χ0v) is 23.5. The van der Waals surface area contributed by atoms with E-state index in [9.17, 15) is 9.59 Å². The Morgan fingerprint density at radius 3 is 2.46 bits per heavy atom. The Morgan fingerprint density at radius 2 is 1.80 bits per heavy atom. The van der Waals surface area contributed by atoms with Gasteiger partial charge in [-0.05, 0) is 101 Å². The number of hydrogen-bond donors (Lipinski definition) is 1. The molecule has 0 radical (unpaired) electrons. The molecule has 35 heavy (non-hydrogen) atoms. The molecule has 1 aliphatic rings. The minimum absolute atomic E-state index is 0.0255. The highest BCUT2D eigenvalue weighted by Crippen LogP contribution is 2.35. The lowest BCUT2D eigenvalue weighted by molar-refractivity contribution is -0.122. The first-order valence-corrected chi connectivity index (χ1v) is 12.8. The molecule has 2 amide bonds. The van der Waals surface area contributed by atoms with Crippen LogP contribution in [-0.2, 0) is 16.2 Å². The lowest BCUT2D eigenvalue weighted by Crippen LogP contribution is -2.54. The van der Waals surface area contributed by atoms with E-state index in [0.717, 1.165) is 13.6 Å². The van der Waals surface area contributed by atoms with Gasteiger partial charge in [0.15, 0.2) is 16.6 Å². The highest BCUT2D eigenvalue weighted by Gasteiger charge is 2.34. The second-order valence-electron chi connectivity index (χ2n) is 7.38. The van der Waals surface area contributed by atoms with E-state index >= 15 is 0 Å². The van der Waals surface area contributed by atoms with E-state index in [2.05, 4.69) is 43.8 Å². The molecule has 3 aromatic carbocycles. The normalized spacial score (nSPS) is 14.8. The molecule has 0 atom stereocenters. The van der Waals surface area contributed by atoms with Gasteiger partial charge in [0.2, 0.25) is 0 Å². The molecule has 178 valence electrons. The monoisotopic (exact) mass is 682 g/mol. The van der Waals surface area contributed by atoms with Crippen molar-refractivity contribution in [3.8, 4) is 11.5 Å². The van der Waals surface area contributed by atoms with Crippen molar-refractivity contribution >= 4 is 91.0 Å². The van der Waals surface area contributed by atoms with Gasteiger partial charge >= 0.3 is 0 Å². The molecule has 1 saturated heterocycles. The zero-order valence-electron chi connectivity index (χ0n) is 18.2. The van der Waals surface area contributed by atoms with Crippen LogP contribution in [0, 0.1) is 3.57 Å². The number of methoxy groups -OCH3 is 1. The number of hydrogen-bond acceptors (Lipinski definition) is 5. The first kappa shape index (κ1) is 25.6. The third kappa shape index (κ3) is 5.85. The van der Waals surface area contributed by atoms with Crippen LogP contribution < -0.4 is 19.7 Å². The molecule has 0 aromatic heterocycles. The van der Waals surface area contributed by atoms with Crippen LogP contribution in [0.1, 0.15) is 11.1 Å². The zero-order chi connectivity index (χ0) is 25.1. The summed E-state index contributed by atoms with van der Waals surface area (Å²) in [7, 11) is 1.53. The van der Waals surface area contributed by atoms with Crippen molar-refractivity contribution in [2.45, 2.75) is 6.61 Å². The van der Waals surface area contributed by atoms with Gasteiger partial charge in [-0.1, -0.05) is 39.7 Å². The molecule has 1 N–H and O–H groups in total. The van der Waals surface area contributed by atoms with Crippen LogP contribution in [0.15, 0.2) is 70.7 Å². The van der Waals surface area contributed by atoms with E-state index in [1.807, 2.05) is 18.2 Å². The maximum absolute atomic E-state index is 13.3. The fourth-order valence-corrected chi connectivity index (χ4v) is 4.80. The minimum atomic E-state index is -0.564. The molecule has 6 nitrogen and oxygen atoms in total. The van der Waals surface area contributed by atoms with Crippen molar-refractivity contribution in [3.05, 3.63) is 90.4 Å². The highest BCUT2D eigenvalue weighted by molar-refractivity contribution is 14.1. The van der Waals surface area contributed by atoms with Gasteiger partial charge in [0.05, 0.1) is 16.4 Å². The molecule has 0 bridgehead atoms. The average molecular weight is 684 g/mol. The second kappa shape index (κ2) is 11.1. The predicted molar refractivity (Wildman–Crippen MR) is 152 cm³/mol. The van der Waals surface area contributed by atoms with Crippen LogP contribution in [0.25, 0.3) is 6.08 Å². The fraction of sp³-hybridized carbons (Fsp3) is 0.0800. The van der Waals surface area contributed by atoms with Gasteiger partial charge in [-0.3, -0.25) is 19.8 Å². The van der Waals surface area contributed by atoms with Crippen molar-refractivity contribution in [2.75, 3.05) is 12.0 Å². The average Bonchev–Trinajstić information content (AvgIpc) is 2.83. The number of anilines is 1. The van der Waals surface area contributed by atoms with Crippen LogP contribution in [0.4, 0.5) is 5.69 Å². The van der Waals surface area contributed by atoms with Crippen LogP contribution in [0.5, 0.6) is 11.5 Å². The SMILES string of the molecule is COc1cc(/C=C2/C(=O)NC(=S)N(c3ccc(Br)cc3)C2=O)cc(I)c1OCc1ccc(Cl)cc1. The van der Waals surface area contributed by atoms with E-state index in [1.165, 1.54) is 18.1 Å². The molecular formula is C25H17BrClIN2O4S. The van der Waals surface area contributed by atoms with Gasteiger partial charge in [-0.15, -0.1) is 0 Å². The molecule has 0 aliphatic carbocycles. The standard InChI is InChI=1S/C25H17BrClIN2O4S/c1-33-21-12-15(11-20(28)22(21)34-13-14-2-6-17(27)7-3-14)10-19-23(31)29-25(35)30(24(19)32)18-8-4-16(26)5-9-18/h2-12H,13H2,1H3,(H,29,31,35)/b19-10-. The van der Waals surface area contributed by atoms with Gasteiger partial charge in [-0.2, -0.15) is 0 Å².